The van der Waals surface area contributed by atoms with Crippen LogP contribution < -0.4 is 27.0 Å². The summed E-state index contributed by atoms with van der Waals surface area (Å²) in [5, 5.41) is 29.9. The number of alkyl carbamates (subject to hydrolysis) is 1. The van der Waals surface area contributed by atoms with Crippen molar-refractivity contribution in [1.29, 1.82) is 0 Å². The number of nitrogens with two attached hydrogens (primary N) is 1. The van der Waals surface area contributed by atoms with Crippen LogP contribution in [0.25, 0.3) is 11.0 Å². The lowest BCUT2D eigenvalue weighted by Crippen LogP contribution is -2.33. The van der Waals surface area contributed by atoms with E-state index in [1.807, 2.05) is 28.8 Å². The van der Waals surface area contributed by atoms with Crippen LogP contribution in [0.5, 0.6) is 5.75 Å². The van der Waals surface area contributed by atoms with Crippen molar-refractivity contribution in [1.82, 2.24) is 25.5 Å². The van der Waals surface area contributed by atoms with Crippen molar-refractivity contribution < 1.29 is 62.2 Å². The molecule has 0 unspecified atom stereocenters. The fourth-order valence-electron chi connectivity index (χ4n) is 7.20. The number of para-hydroxylation sites is 2. The zero-order valence-electron chi connectivity index (χ0n) is 44.2. The lowest BCUT2D eigenvalue weighted by molar-refractivity contribution is -0.122. The van der Waals surface area contributed by atoms with Crippen molar-refractivity contribution in [2.45, 2.75) is 65.0 Å². The molecule has 0 aliphatic heterocycles. The number of rotatable bonds is 36. The average molecular weight is 1070 g/mol. The highest BCUT2D eigenvalue weighted by Crippen LogP contribution is 2.29. The summed E-state index contributed by atoms with van der Waals surface area (Å²) in [6, 6.07) is 25.4. The maximum absolute atomic E-state index is 13.0. The fourth-order valence-corrected chi connectivity index (χ4v) is 7.20. The number of primary amides is 1. The molecule has 77 heavy (non-hydrogen) atoms. The number of carbonyl (C=O) groups excluding carboxylic acids is 5. The van der Waals surface area contributed by atoms with Gasteiger partial charge in [0, 0.05) is 49.3 Å². The molecule has 0 fully saturated rings. The number of phenols is 1. The van der Waals surface area contributed by atoms with Crippen LogP contribution in [-0.2, 0) is 50.9 Å². The minimum atomic E-state index is -0.613. The largest absolute Gasteiger partial charge is 0.506 e. The number of aromatic hydroxyl groups is 1. The summed E-state index contributed by atoms with van der Waals surface area (Å²) in [4.78, 5) is 66.0. The molecule has 5 amide bonds. The number of imidazole rings is 1. The molecule has 0 spiro atoms. The van der Waals surface area contributed by atoms with E-state index >= 15 is 0 Å². The molecule has 0 bridgehead atoms. The first-order chi connectivity index (χ1) is 37.3. The monoisotopic (exact) mass is 1070 g/mol. The number of hydrogen-bond acceptors (Lipinski definition) is 16. The summed E-state index contributed by atoms with van der Waals surface area (Å²) in [5.74, 6) is -0.978. The Labute approximate surface area is 448 Å². The van der Waals surface area contributed by atoms with Gasteiger partial charge in [0.2, 0.25) is 17.8 Å². The number of azo groups is 1. The highest BCUT2D eigenvalue weighted by atomic mass is 16.6. The van der Waals surface area contributed by atoms with Gasteiger partial charge in [0.25, 0.3) is 11.8 Å². The number of unbranched alkanes of at least 4 members (excludes halogenated alkanes) is 2. The molecular formula is C55H73N9O13. The quantitative estimate of drug-likeness (QED) is 0.0178. The smallest absolute Gasteiger partial charge is 0.407 e. The number of hydrogen-bond donors (Lipinski definition) is 6. The second-order valence-electron chi connectivity index (χ2n) is 18.3. The summed E-state index contributed by atoms with van der Waals surface area (Å²) < 4.78 is 40.4. The van der Waals surface area contributed by atoms with Crippen molar-refractivity contribution in [2.75, 3.05) is 104 Å². The molecule has 22 nitrogen and oxygen atoms in total. The van der Waals surface area contributed by atoms with E-state index in [2.05, 4.69) is 36.5 Å². The molecule has 0 aliphatic carbocycles. The molecule has 0 radical (unpaired) electrons. The number of nitrogens with zero attached hydrogens (tertiary/aromatic N) is 4. The van der Waals surface area contributed by atoms with Crippen molar-refractivity contribution in [3.05, 3.63) is 113 Å². The van der Waals surface area contributed by atoms with E-state index < -0.39 is 23.5 Å². The zero-order chi connectivity index (χ0) is 55.1. The average Bonchev–Trinajstić information content (AvgIpc) is 3.76. The molecule has 1 aromatic heterocycles. The Morgan fingerprint density at radius 1 is 0.610 bits per heavy atom. The van der Waals surface area contributed by atoms with Crippen molar-refractivity contribution in [3.8, 4) is 5.75 Å². The summed E-state index contributed by atoms with van der Waals surface area (Å²) >= 11 is 0. The number of anilines is 1. The Balaban J connectivity index is 0.771. The van der Waals surface area contributed by atoms with Gasteiger partial charge >= 0.3 is 6.09 Å². The number of phenolic OH excluding ortho intramolecular Hbond substituents is 1. The van der Waals surface area contributed by atoms with Gasteiger partial charge in [-0.05, 0) is 119 Å². The topological polar surface area (TPSA) is 287 Å². The van der Waals surface area contributed by atoms with Gasteiger partial charge in [-0.2, -0.15) is 5.11 Å². The highest BCUT2D eigenvalue weighted by molar-refractivity contribution is 6.06. The SMILES string of the molecule is CC(C)(C)OC(=O)NCCc1ccc(O)c(N=Nc2ccc(C(=O)NCCOCCOCCOCCOCCOCCOCCC(=O)NCCCCCn3c(NC(=O)c4cccc(C(N)=O)c4)nc4ccccc43)cc2)c1. The molecule has 5 aromatic rings. The first kappa shape index (κ1) is 60.5. The summed E-state index contributed by atoms with van der Waals surface area (Å²) in [7, 11) is 0. The van der Waals surface area contributed by atoms with Crippen LogP contribution in [0.1, 0.15) is 83.1 Å². The zero-order valence-corrected chi connectivity index (χ0v) is 44.2. The number of aryl methyl sites for hydroxylation is 1. The van der Waals surface area contributed by atoms with Gasteiger partial charge in [0.1, 0.15) is 17.0 Å². The number of fused-ring (bicyclic) bond motifs is 1. The standard InChI is InChI=1S/C55H73N9O13/c1-55(2,3)77-54(70)59-23-20-40-14-19-48(65)46(38-40)63-62-44-17-15-41(16-18-44)51(68)58-24-27-72-29-31-74-33-35-76-37-36-75-34-32-73-30-28-71-26-21-49(66)57-22-7-4-8-25-64-47-13-6-5-12-45(47)60-53(64)61-52(69)43-11-9-10-42(39-43)50(56)67/h5-6,9-19,38-39,65H,4,7-8,20-37H2,1-3H3,(H2,56,67)(H,57,66)(H,58,68)(H,59,70)(H,60,61,69). The Kier molecular flexibility index (Phi) is 26.4. The maximum atomic E-state index is 13.0. The van der Waals surface area contributed by atoms with Crippen LogP contribution in [0.15, 0.2) is 101 Å². The first-order valence-electron chi connectivity index (χ1n) is 25.7. The molecule has 416 valence electrons. The predicted molar refractivity (Wildman–Crippen MR) is 288 cm³/mol. The van der Waals surface area contributed by atoms with E-state index in [1.54, 1.807) is 75.4 Å². The van der Waals surface area contributed by atoms with Crippen molar-refractivity contribution in [3.63, 3.8) is 0 Å². The van der Waals surface area contributed by atoms with Gasteiger partial charge in [0.15, 0.2) is 0 Å². The molecule has 5 rings (SSSR count). The molecule has 1 heterocycles. The minimum absolute atomic E-state index is 0.0374. The lowest BCUT2D eigenvalue weighted by Gasteiger charge is -2.19. The molecule has 0 aliphatic rings. The van der Waals surface area contributed by atoms with Crippen LogP contribution in [0.3, 0.4) is 0 Å². The molecular weight excluding hydrogens is 995 g/mol. The Morgan fingerprint density at radius 2 is 1.25 bits per heavy atom. The van der Waals surface area contributed by atoms with E-state index in [0.29, 0.717) is 135 Å². The molecule has 4 aromatic carbocycles. The molecule has 7 N–H and O–H groups in total. The highest BCUT2D eigenvalue weighted by Gasteiger charge is 2.17. The molecule has 0 saturated heterocycles. The summed E-state index contributed by atoms with van der Waals surface area (Å²) in [5.41, 5.74) is 9.05. The van der Waals surface area contributed by atoms with E-state index in [1.165, 1.54) is 12.1 Å². The number of nitrogens with one attached hydrogen (secondary N) is 4. The third kappa shape index (κ3) is 23.6. The van der Waals surface area contributed by atoms with Gasteiger partial charge in [-0.3, -0.25) is 24.5 Å². The van der Waals surface area contributed by atoms with Crippen LogP contribution in [-0.4, -0.2) is 149 Å². The molecule has 0 atom stereocenters. The van der Waals surface area contributed by atoms with Gasteiger partial charge < -0.3 is 64.5 Å². The number of amides is 5. The number of carbonyl (C=O) groups is 5. The number of aromatic nitrogens is 2. The summed E-state index contributed by atoms with van der Waals surface area (Å²) in [6.07, 6.45) is 2.68. The Hall–Kier alpha value is -7.34. The second kappa shape index (κ2) is 33.6. The van der Waals surface area contributed by atoms with Gasteiger partial charge in [-0.15, -0.1) is 5.11 Å². The minimum Gasteiger partial charge on any atom is -0.506 e. The van der Waals surface area contributed by atoms with E-state index in [4.69, 9.17) is 38.9 Å². The predicted octanol–water partition coefficient (Wildman–Crippen LogP) is 6.78. The van der Waals surface area contributed by atoms with Crippen molar-refractivity contribution in [2.24, 2.45) is 16.0 Å². The van der Waals surface area contributed by atoms with Gasteiger partial charge in [-0.25, -0.2) is 9.78 Å². The summed E-state index contributed by atoms with van der Waals surface area (Å²) in [6.45, 7) is 11.8. The second-order valence-corrected chi connectivity index (χ2v) is 18.3. The number of benzene rings is 4. The van der Waals surface area contributed by atoms with Crippen LogP contribution in [0.2, 0.25) is 0 Å². The van der Waals surface area contributed by atoms with E-state index in [0.717, 1.165) is 35.9 Å². The Morgan fingerprint density at radius 3 is 1.91 bits per heavy atom. The van der Waals surface area contributed by atoms with Gasteiger partial charge in [0.05, 0.1) is 96.0 Å². The number of ether oxygens (including phenoxy) is 7. The fraction of sp³-hybridized carbons (Fsp3) is 0.455. The third-order valence-corrected chi connectivity index (χ3v) is 11.1. The van der Waals surface area contributed by atoms with E-state index in [-0.39, 0.29) is 35.2 Å². The Bertz CT molecular complexity index is 2660. The van der Waals surface area contributed by atoms with E-state index in [9.17, 15) is 29.1 Å². The van der Waals surface area contributed by atoms with Crippen molar-refractivity contribution >= 4 is 58.1 Å². The third-order valence-electron chi connectivity index (χ3n) is 11.1. The lowest BCUT2D eigenvalue weighted by atomic mass is 10.1. The van der Waals surface area contributed by atoms with Crippen LogP contribution >= 0.6 is 0 Å². The van der Waals surface area contributed by atoms with Crippen LogP contribution in [0.4, 0.5) is 22.1 Å². The molecule has 0 saturated carbocycles. The normalized spacial score (nSPS) is 11.5. The van der Waals surface area contributed by atoms with Gasteiger partial charge in [-0.1, -0.05) is 24.3 Å². The maximum Gasteiger partial charge on any atom is 0.407 e. The first-order valence-corrected chi connectivity index (χ1v) is 25.7. The van der Waals surface area contributed by atoms with Crippen LogP contribution in [0, 0.1) is 0 Å². The molecule has 22 heteroatoms.